The molecule has 4 aromatic rings. The van der Waals surface area contributed by atoms with Crippen molar-refractivity contribution in [2.45, 2.75) is 25.4 Å². The smallest absolute Gasteiger partial charge is 0.260 e. The molecular weight excluding hydrogens is 470 g/mol. The maximum absolute atomic E-state index is 13.7. The predicted octanol–water partition coefficient (Wildman–Crippen LogP) is 4.17. The Labute approximate surface area is 214 Å². The summed E-state index contributed by atoms with van der Waals surface area (Å²) in [4.78, 5) is 37.1. The van der Waals surface area contributed by atoms with Crippen LogP contribution in [0.5, 0.6) is 0 Å². The van der Waals surface area contributed by atoms with Crippen LogP contribution in [0.4, 0.5) is 5.69 Å². The van der Waals surface area contributed by atoms with Gasteiger partial charge < -0.3 is 5.32 Å². The first kappa shape index (κ1) is 23.8. The average Bonchev–Trinajstić information content (AvgIpc) is 3.62. The summed E-state index contributed by atoms with van der Waals surface area (Å²) in [5, 5.41) is 8.66. The Kier molecular flexibility index (Phi) is 7.16. The van der Waals surface area contributed by atoms with E-state index in [0.717, 1.165) is 46.6 Å². The standard InChI is InChI=1S/C28H27N5O2S/c1-33(28(35)26(13-19-5-3-2-4-6-19)31-16-22-17-36-18-32-22)27(34)24-14-21(20-7-10-29-11-8-20)15-25-23(24)9-12-30-25/h2-8,10-11,14-15,17-18,26,30-31H,9,12-13,16H2,1H3/t26-/m0/s1. The number of imide groups is 1. The van der Waals surface area contributed by atoms with Gasteiger partial charge in [0.1, 0.15) is 0 Å². The number of carbonyl (C=O) groups excluding carboxylic acids is 2. The molecule has 1 aliphatic heterocycles. The summed E-state index contributed by atoms with van der Waals surface area (Å²) in [5.74, 6) is -0.572. The number of carbonyl (C=O) groups is 2. The van der Waals surface area contributed by atoms with Gasteiger partial charge in [0.05, 0.1) is 17.2 Å². The number of rotatable bonds is 8. The minimum Gasteiger partial charge on any atom is -0.384 e. The molecule has 0 unspecified atom stereocenters. The number of hydrogen-bond acceptors (Lipinski definition) is 7. The Morgan fingerprint density at radius 2 is 1.92 bits per heavy atom. The number of pyridine rings is 1. The lowest BCUT2D eigenvalue weighted by atomic mass is 9.96. The van der Waals surface area contributed by atoms with Gasteiger partial charge in [-0.15, -0.1) is 11.3 Å². The van der Waals surface area contributed by atoms with E-state index in [-0.39, 0.29) is 11.8 Å². The molecule has 8 heteroatoms. The van der Waals surface area contributed by atoms with Crippen molar-refractivity contribution in [2.75, 3.05) is 18.9 Å². The van der Waals surface area contributed by atoms with E-state index in [1.54, 1.807) is 25.0 Å². The molecule has 0 spiro atoms. The number of likely N-dealkylation sites (N-methyl/N-ethyl adjacent to an activating group) is 1. The van der Waals surface area contributed by atoms with Crippen LogP contribution in [-0.4, -0.2) is 46.3 Å². The van der Waals surface area contributed by atoms with Crippen molar-refractivity contribution >= 4 is 28.8 Å². The molecule has 2 N–H and O–H groups in total. The highest BCUT2D eigenvalue weighted by Crippen LogP contribution is 2.33. The van der Waals surface area contributed by atoms with Gasteiger partial charge in [-0.05, 0) is 59.4 Å². The van der Waals surface area contributed by atoms with Crippen LogP contribution in [0.15, 0.2) is 77.9 Å². The molecule has 2 aromatic heterocycles. The minimum absolute atomic E-state index is 0.270. The lowest BCUT2D eigenvalue weighted by Crippen LogP contribution is -2.48. The number of fused-ring (bicyclic) bond motifs is 1. The van der Waals surface area contributed by atoms with E-state index >= 15 is 0 Å². The van der Waals surface area contributed by atoms with Gasteiger partial charge in [0, 0.05) is 49.2 Å². The van der Waals surface area contributed by atoms with Crippen molar-refractivity contribution in [3.05, 3.63) is 100 Å². The van der Waals surface area contributed by atoms with Crippen LogP contribution in [0, 0.1) is 0 Å². The van der Waals surface area contributed by atoms with Crippen molar-refractivity contribution in [1.82, 2.24) is 20.2 Å². The molecule has 0 fully saturated rings. The first-order chi connectivity index (χ1) is 17.6. The SMILES string of the molecule is CN(C(=O)c1cc(-c2ccncc2)cc2c1CCN2)C(=O)[C@H](Cc1ccccc1)NCc1cscn1. The highest BCUT2D eigenvalue weighted by atomic mass is 32.1. The molecule has 0 radical (unpaired) electrons. The lowest BCUT2D eigenvalue weighted by molar-refractivity contribution is -0.129. The van der Waals surface area contributed by atoms with Crippen LogP contribution < -0.4 is 10.6 Å². The van der Waals surface area contributed by atoms with Crippen LogP contribution in [0.3, 0.4) is 0 Å². The van der Waals surface area contributed by atoms with Gasteiger partial charge in [-0.25, -0.2) is 4.98 Å². The van der Waals surface area contributed by atoms with E-state index < -0.39 is 6.04 Å². The van der Waals surface area contributed by atoms with Crippen LogP contribution in [0.1, 0.15) is 27.2 Å². The summed E-state index contributed by atoms with van der Waals surface area (Å²) < 4.78 is 0. The normalized spacial score (nSPS) is 13.0. The fourth-order valence-corrected chi connectivity index (χ4v) is 5.05. The highest BCUT2D eigenvalue weighted by molar-refractivity contribution is 7.07. The molecule has 1 aliphatic rings. The van der Waals surface area contributed by atoms with Gasteiger partial charge in [-0.1, -0.05) is 30.3 Å². The van der Waals surface area contributed by atoms with Gasteiger partial charge in [0.2, 0.25) is 5.91 Å². The molecule has 0 aliphatic carbocycles. The summed E-state index contributed by atoms with van der Waals surface area (Å²) in [7, 11) is 1.57. The third kappa shape index (κ3) is 5.19. The first-order valence-electron chi connectivity index (χ1n) is 11.9. The van der Waals surface area contributed by atoms with Crippen LogP contribution in [0.2, 0.25) is 0 Å². The van der Waals surface area contributed by atoms with Crippen molar-refractivity contribution in [3.63, 3.8) is 0 Å². The second-order valence-corrected chi connectivity index (χ2v) is 9.49. The number of nitrogens with zero attached hydrogens (tertiary/aromatic N) is 3. The molecule has 2 aromatic carbocycles. The topological polar surface area (TPSA) is 87.2 Å². The summed E-state index contributed by atoms with van der Waals surface area (Å²) in [6.45, 7) is 1.21. The Hall–Kier alpha value is -3.88. The summed E-state index contributed by atoms with van der Waals surface area (Å²) >= 11 is 1.51. The van der Waals surface area contributed by atoms with Gasteiger partial charge >= 0.3 is 0 Å². The molecule has 0 bridgehead atoms. The van der Waals surface area contributed by atoms with Crippen molar-refractivity contribution in [3.8, 4) is 11.1 Å². The van der Waals surface area contributed by atoms with Gasteiger partial charge in [-0.3, -0.25) is 24.8 Å². The number of nitrogens with one attached hydrogen (secondary N) is 2. The van der Waals surface area contributed by atoms with Crippen LogP contribution in [-0.2, 0) is 24.2 Å². The number of amides is 2. The lowest BCUT2D eigenvalue weighted by Gasteiger charge is -2.24. The molecule has 7 nitrogen and oxygen atoms in total. The Morgan fingerprint density at radius 3 is 2.67 bits per heavy atom. The van der Waals surface area contributed by atoms with Crippen molar-refractivity contribution in [2.24, 2.45) is 0 Å². The molecule has 182 valence electrons. The van der Waals surface area contributed by atoms with E-state index in [2.05, 4.69) is 26.7 Å². The van der Waals surface area contributed by atoms with E-state index in [0.29, 0.717) is 18.5 Å². The zero-order chi connectivity index (χ0) is 24.9. The maximum atomic E-state index is 13.7. The minimum atomic E-state index is -0.572. The van der Waals surface area contributed by atoms with Crippen molar-refractivity contribution in [1.29, 1.82) is 0 Å². The summed E-state index contributed by atoms with van der Waals surface area (Å²) in [6, 6.07) is 17.0. The number of anilines is 1. The Balaban J connectivity index is 1.42. The molecule has 5 rings (SSSR count). The average molecular weight is 498 g/mol. The van der Waals surface area contributed by atoms with Crippen LogP contribution in [0.25, 0.3) is 11.1 Å². The largest absolute Gasteiger partial charge is 0.384 e. The Morgan fingerprint density at radius 1 is 1.11 bits per heavy atom. The van der Waals surface area contributed by atoms with Crippen molar-refractivity contribution < 1.29 is 9.59 Å². The fourth-order valence-electron chi connectivity index (χ4n) is 4.49. The molecule has 0 saturated carbocycles. The second kappa shape index (κ2) is 10.8. The molecule has 36 heavy (non-hydrogen) atoms. The number of benzene rings is 2. The molecular formula is C28H27N5O2S. The van der Waals surface area contributed by atoms with Gasteiger partial charge in [0.15, 0.2) is 0 Å². The van der Waals surface area contributed by atoms with E-state index in [9.17, 15) is 9.59 Å². The van der Waals surface area contributed by atoms with E-state index in [1.807, 2.05) is 53.9 Å². The van der Waals surface area contributed by atoms with Gasteiger partial charge in [-0.2, -0.15) is 0 Å². The van der Waals surface area contributed by atoms with E-state index in [4.69, 9.17) is 0 Å². The molecule has 3 heterocycles. The van der Waals surface area contributed by atoms with Gasteiger partial charge in [0.25, 0.3) is 5.91 Å². The quantitative estimate of drug-likeness (QED) is 0.380. The Bertz CT molecular complexity index is 1340. The predicted molar refractivity (Wildman–Crippen MR) is 142 cm³/mol. The molecule has 0 saturated heterocycles. The zero-order valence-electron chi connectivity index (χ0n) is 20.0. The first-order valence-corrected chi connectivity index (χ1v) is 12.8. The monoisotopic (exact) mass is 497 g/mol. The maximum Gasteiger partial charge on any atom is 0.260 e. The molecule has 1 atom stereocenters. The number of hydrogen-bond donors (Lipinski definition) is 2. The fraction of sp³-hybridized carbons (Fsp3) is 0.214. The summed E-state index contributed by atoms with van der Waals surface area (Å²) in [5.41, 5.74) is 7.99. The van der Waals surface area contributed by atoms with Crippen LogP contribution >= 0.6 is 11.3 Å². The number of aromatic nitrogens is 2. The van der Waals surface area contributed by atoms with E-state index in [1.165, 1.54) is 16.2 Å². The third-order valence-electron chi connectivity index (χ3n) is 6.41. The highest BCUT2D eigenvalue weighted by Gasteiger charge is 2.30. The second-order valence-electron chi connectivity index (χ2n) is 8.77. The summed E-state index contributed by atoms with van der Waals surface area (Å²) in [6.07, 6.45) is 4.67. The molecule has 2 amide bonds. The number of thiazole rings is 1. The zero-order valence-corrected chi connectivity index (χ0v) is 20.8. The third-order valence-corrected chi connectivity index (χ3v) is 7.05.